The lowest BCUT2D eigenvalue weighted by molar-refractivity contribution is -0.131. The number of amides is 2. The van der Waals surface area contributed by atoms with Crippen molar-refractivity contribution >= 4 is 11.8 Å². The average Bonchev–Trinajstić information content (AvgIpc) is 2.74. The molecule has 0 radical (unpaired) electrons. The zero-order chi connectivity index (χ0) is 13.7. The number of nitrogens with two attached hydrogens (primary N) is 1. The maximum absolute atomic E-state index is 12.2. The molecule has 2 aliphatic rings. The number of primary amides is 1. The van der Waals surface area contributed by atoms with Crippen molar-refractivity contribution in [2.24, 2.45) is 5.73 Å². The van der Waals surface area contributed by atoms with Crippen molar-refractivity contribution in [1.29, 1.82) is 0 Å². The third-order valence-corrected chi connectivity index (χ3v) is 3.90. The van der Waals surface area contributed by atoms with Crippen molar-refractivity contribution in [1.82, 2.24) is 15.1 Å². The standard InChI is InChI=1S/C13H24N4O2/c14-12(18)10-16-5-2-6-17(8-7-16)13(19)9-11-3-1-4-15-11/h11,15H,1-10H2,(H2,14,18). The van der Waals surface area contributed by atoms with E-state index in [0.717, 1.165) is 39.0 Å². The van der Waals surface area contributed by atoms with Crippen molar-refractivity contribution < 1.29 is 9.59 Å². The molecule has 6 nitrogen and oxygen atoms in total. The first-order chi connectivity index (χ1) is 9.15. The van der Waals surface area contributed by atoms with Gasteiger partial charge in [0.1, 0.15) is 0 Å². The smallest absolute Gasteiger partial charge is 0.231 e. The van der Waals surface area contributed by atoms with E-state index in [1.54, 1.807) is 0 Å². The fraction of sp³-hybridized carbons (Fsp3) is 0.846. The normalized spacial score (nSPS) is 25.3. The lowest BCUT2D eigenvalue weighted by atomic mass is 10.1. The van der Waals surface area contributed by atoms with Crippen LogP contribution in [0.15, 0.2) is 0 Å². The predicted molar refractivity (Wildman–Crippen MR) is 72.5 cm³/mol. The van der Waals surface area contributed by atoms with E-state index in [2.05, 4.69) is 5.32 Å². The summed E-state index contributed by atoms with van der Waals surface area (Å²) in [5.41, 5.74) is 5.21. The van der Waals surface area contributed by atoms with E-state index in [9.17, 15) is 9.59 Å². The molecule has 3 N–H and O–H groups in total. The van der Waals surface area contributed by atoms with E-state index in [4.69, 9.17) is 5.73 Å². The van der Waals surface area contributed by atoms with Crippen LogP contribution in [0, 0.1) is 0 Å². The van der Waals surface area contributed by atoms with Gasteiger partial charge in [-0.15, -0.1) is 0 Å². The van der Waals surface area contributed by atoms with Crippen molar-refractivity contribution in [3.8, 4) is 0 Å². The van der Waals surface area contributed by atoms with Gasteiger partial charge in [-0.3, -0.25) is 14.5 Å². The average molecular weight is 268 g/mol. The number of hydrogen-bond donors (Lipinski definition) is 2. The third kappa shape index (κ3) is 4.47. The van der Waals surface area contributed by atoms with E-state index in [1.165, 1.54) is 6.42 Å². The van der Waals surface area contributed by atoms with E-state index in [1.807, 2.05) is 9.80 Å². The number of carbonyl (C=O) groups is 2. The Morgan fingerprint density at radius 2 is 2.00 bits per heavy atom. The molecule has 2 amide bonds. The van der Waals surface area contributed by atoms with Gasteiger partial charge < -0.3 is 16.0 Å². The van der Waals surface area contributed by atoms with Crippen molar-refractivity contribution in [2.45, 2.75) is 31.7 Å². The highest BCUT2D eigenvalue weighted by molar-refractivity contribution is 5.77. The zero-order valence-corrected chi connectivity index (χ0v) is 11.4. The summed E-state index contributed by atoms with van der Waals surface area (Å²) in [6.07, 6.45) is 3.80. The molecule has 0 bridgehead atoms. The van der Waals surface area contributed by atoms with Gasteiger partial charge in [-0.2, -0.15) is 0 Å². The fourth-order valence-electron chi connectivity index (χ4n) is 2.87. The highest BCUT2D eigenvalue weighted by Crippen LogP contribution is 2.12. The largest absolute Gasteiger partial charge is 0.369 e. The number of nitrogens with zero attached hydrogens (tertiary/aromatic N) is 2. The van der Waals surface area contributed by atoms with Gasteiger partial charge in [-0.05, 0) is 25.8 Å². The maximum atomic E-state index is 12.2. The van der Waals surface area contributed by atoms with Gasteiger partial charge in [0.05, 0.1) is 6.54 Å². The van der Waals surface area contributed by atoms with Gasteiger partial charge in [-0.25, -0.2) is 0 Å². The SMILES string of the molecule is NC(=O)CN1CCCN(C(=O)CC2CCCN2)CC1. The van der Waals surface area contributed by atoms with Gasteiger partial charge in [0.15, 0.2) is 0 Å². The molecule has 108 valence electrons. The first-order valence-electron chi connectivity index (χ1n) is 7.17. The summed E-state index contributed by atoms with van der Waals surface area (Å²) in [4.78, 5) is 27.1. The summed E-state index contributed by atoms with van der Waals surface area (Å²) in [5, 5.41) is 3.36. The molecule has 0 aromatic rings. The number of rotatable bonds is 4. The number of carbonyl (C=O) groups excluding carboxylic acids is 2. The molecule has 0 aromatic heterocycles. The first kappa shape index (κ1) is 14.3. The summed E-state index contributed by atoms with van der Waals surface area (Å²) < 4.78 is 0. The molecular weight excluding hydrogens is 244 g/mol. The van der Waals surface area contributed by atoms with Gasteiger partial charge in [-0.1, -0.05) is 0 Å². The fourth-order valence-corrected chi connectivity index (χ4v) is 2.87. The van der Waals surface area contributed by atoms with Crippen LogP contribution >= 0.6 is 0 Å². The molecule has 2 saturated heterocycles. The Morgan fingerprint density at radius 1 is 1.16 bits per heavy atom. The van der Waals surface area contributed by atoms with Crippen LogP contribution < -0.4 is 11.1 Å². The summed E-state index contributed by atoms with van der Waals surface area (Å²) in [6, 6.07) is 0.359. The van der Waals surface area contributed by atoms with Crippen LogP contribution in [0.3, 0.4) is 0 Å². The second-order valence-electron chi connectivity index (χ2n) is 5.47. The maximum Gasteiger partial charge on any atom is 0.231 e. The summed E-state index contributed by atoms with van der Waals surface area (Å²) >= 11 is 0. The minimum absolute atomic E-state index is 0.236. The lowest BCUT2D eigenvalue weighted by Gasteiger charge is -2.22. The Hall–Kier alpha value is -1.14. The highest BCUT2D eigenvalue weighted by Gasteiger charge is 2.23. The molecule has 1 atom stereocenters. The second-order valence-corrected chi connectivity index (χ2v) is 5.47. The zero-order valence-electron chi connectivity index (χ0n) is 11.4. The number of nitrogens with one attached hydrogen (secondary N) is 1. The Bertz CT molecular complexity index is 329. The van der Waals surface area contributed by atoms with Crippen LogP contribution in [-0.2, 0) is 9.59 Å². The quantitative estimate of drug-likeness (QED) is 0.696. The molecule has 2 fully saturated rings. The van der Waals surface area contributed by atoms with Gasteiger partial charge in [0.25, 0.3) is 0 Å². The second kappa shape index (κ2) is 6.86. The van der Waals surface area contributed by atoms with E-state index < -0.39 is 0 Å². The minimum atomic E-state index is -0.296. The van der Waals surface area contributed by atoms with Crippen molar-refractivity contribution in [2.75, 3.05) is 39.3 Å². The summed E-state index contributed by atoms with van der Waals surface area (Å²) in [7, 11) is 0. The summed E-state index contributed by atoms with van der Waals surface area (Å²) in [5.74, 6) is -0.0599. The molecule has 0 spiro atoms. The Morgan fingerprint density at radius 3 is 2.68 bits per heavy atom. The van der Waals surface area contributed by atoms with Crippen LogP contribution in [0.2, 0.25) is 0 Å². The Labute approximate surface area is 114 Å². The Balaban J connectivity index is 1.77. The van der Waals surface area contributed by atoms with E-state index in [-0.39, 0.29) is 11.8 Å². The topological polar surface area (TPSA) is 78.7 Å². The molecule has 19 heavy (non-hydrogen) atoms. The summed E-state index contributed by atoms with van der Waals surface area (Å²) in [6.45, 7) is 4.41. The van der Waals surface area contributed by atoms with Gasteiger partial charge in [0.2, 0.25) is 11.8 Å². The van der Waals surface area contributed by atoms with Crippen LogP contribution in [0.5, 0.6) is 0 Å². The molecular formula is C13H24N4O2. The van der Waals surface area contributed by atoms with Crippen LogP contribution in [0.4, 0.5) is 0 Å². The third-order valence-electron chi connectivity index (χ3n) is 3.90. The molecule has 0 aliphatic carbocycles. The molecule has 1 unspecified atom stereocenters. The highest BCUT2D eigenvalue weighted by atomic mass is 16.2. The van der Waals surface area contributed by atoms with E-state index >= 15 is 0 Å². The van der Waals surface area contributed by atoms with Crippen LogP contribution in [0.25, 0.3) is 0 Å². The minimum Gasteiger partial charge on any atom is -0.369 e. The van der Waals surface area contributed by atoms with Gasteiger partial charge >= 0.3 is 0 Å². The first-order valence-corrected chi connectivity index (χ1v) is 7.17. The predicted octanol–water partition coefficient (Wildman–Crippen LogP) is -0.852. The van der Waals surface area contributed by atoms with Crippen LogP contribution in [0.1, 0.15) is 25.7 Å². The van der Waals surface area contributed by atoms with Crippen LogP contribution in [-0.4, -0.2) is 66.9 Å². The Kier molecular flexibility index (Phi) is 5.15. The van der Waals surface area contributed by atoms with Crippen molar-refractivity contribution in [3.05, 3.63) is 0 Å². The van der Waals surface area contributed by atoms with E-state index in [0.29, 0.717) is 25.6 Å². The van der Waals surface area contributed by atoms with Gasteiger partial charge in [0, 0.05) is 38.6 Å². The monoisotopic (exact) mass is 268 g/mol. The van der Waals surface area contributed by atoms with Crippen molar-refractivity contribution in [3.63, 3.8) is 0 Å². The molecule has 2 heterocycles. The molecule has 0 saturated carbocycles. The number of hydrogen-bond acceptors (Lipinski definition) is 4. The molecule has 2 aliphatic heterocycles. The lowest BCUT2D eigenvalue weighted by Crippen LogP contribution is -2.39. The molecule has 6 heteroatoms. The molecule has 2 rings (SSSR count). The molecule has 0 aromatic carbocycles.